The van der Waals surface area contributed by atoms with E-state index in [1.54, 1.807) is 0 Å². The van der Waals surface area contributed by atoms with Gasteiger partial charge in [0.15, 0.2) is 0 Å². The summed E-state index contributed by atoms with van der Waals surface area (Å²) < 4.78 is 0.336. The highest BCUT2D eigenvalue weighted by molar-refractivity contribution is 9.10. The molecule has 200 valence electrons. The maximum atomic E-state index is 9.36. The SMILES string of the molecule is CCCCCCCCCCCCCCCCCCCCC1(Br)CCCCC1CCO.CNC. The highest BCUT2D eigenvalue weighted by Gasteiger charge is 2.37. The third-order valence-electron chi connectivity index (χ3n) is 7.55. The lowest BCUT2D eigenvalue weighted by atomic mass is 9.75. The predicted molar refractivity (Wildman–Crippen MR) is 154 cm³/mol. The molecule has 2 nitrogen and oxygen atoms in total. The molecule has 2 unspecified atom stereocenters. The average Bonchev–Trinajstić information content (AvgIpc) is 2.80. The molecule has 0 radical (unpaired) electrons. The van der Waals surface area contributed by atoms with Crippen LogP contribution in [-0.2, 0) is 0 Å². The molecule has 0 amide bonds. The van der Waals surface area contributed by atoms with E-state index in [0.29, 0.717) is 16.8 Å². The van der Waals surface area contributed by atoms with Gasteiger partial charge in [-0.25, -0.2) is 0 Å². The van der Waals surface area contributed by atoms with Gasteiger partial charge in [-0.1, -0.05) is 151 Å². The second-order valence-electron chi connectivity index (χ2n) is 10.8. The van der Waals surface area contributed by atoms with Gasteiger partial charge in [-0.05, 0) is 45.7 Å². The molecule has 1 aliphatic carbocycles. The van der Waals surface area contributed by atoms with E-state index in [4.69, 9.17) is 0 Å². The second kappa shape index (κ2) is 25.5. The quantitative estimate of drug-likeness (QED) is 0.114. The number of nitrogens with one attached hydrogen (secondary N) is 1. The fourth-order valence-electron chi connectivity index (χ4n) is 5.48. The first-order valence-corrected chi connectivity index (χ1v) is 15.8. The maximum Gasteiger partial charge on any atom is 0.0434 e. The van der Waals surface area contributed by atoms with Gasteiger partial charge in [0, 0.05) is 10.9 Å². The standard InChI is InChI=1S/C28H55BrO.C2H7N/c1-2-3-4-5-6-7-8-9-10-11-12-13-14-15-16-17-18-20-24-28(29)25-21-19-22-27(28)23-26-30;1-3-2/h27,30H,2-26H2,1H3;3H,1-2H3. The van der Waals surface area contributed by atoms with Crippen molar-refractivity contribution in [2.24, 2.45) is 5.92 Å². The lowest BCUT2D eigenvalue weighted by Crippen LogP contribution is -2.35. The van der Waals surface area contributed by atoms with Crippen LogP contribution in [0.5, 0.6) is 0 Å². The fourth-order valence-corrected chi connectivity index (χ4v) is 6.50. The van der Waals surface area contributed by atoms with Crippen molar-refractivity contribution < 1.29 is 5.11 Å². The van der Waals surface area contributed by atoms with E-state index in [1.165, 1.54) is 148 Å². The molecule has 3 heteroatoms. The van der Waals surface area contributed by atoms with E-state index < -0.39 is 0 Å². The van der Waals surface area contributed by atoms with Crippen LogP contribution in [0.3, 0.4) is 0 Å². The molecule has 33 heavy (non-hydrogen) atoms. The van der Waals surface area contributed by atoms with Gasteiger partial charge in [-0.15, -0.1) is 0 Å². The first-order valence-electron chi connectivity index (χ1n) is 15.0. The van der Waals surface area contributed by atoms with E-state index in [0.717, 1.165) is 6.42 Å². The summed E-state index contributed by atoms with van der Waals surface area (Å²) in [6.07, 6.45) is 33.7. The molecule has 2 N–H and O–H groups in total. The molecule has 1 aliphatic rings. The van der Waals surface area contributed by atoms with Gasteiger partial charge in [0.1, 0.15) is 0 Å². The summed E-state index contributed by atoms with van der Waals surface area (Å²) in [5.41, 5.74) is 0. The number of unbranched alkanes of at least 4 members (excludes halogenated alkanes) is 17. The molecule has 0 bridgehead atoms. The summed E-state index contributed by atoms with van der Waals surface area (Å²) >= 11 is 4.10. The van der Waals surface area contributed by atoms with Crippen LogP contribution in [0.1, 0.15) is 161 Å². The molecular weight excluding hydrogens is 470 g/mol. The maximum absolute atomic E-state index is 9.36. The molecule has 0 aliphatic heterocycles. The van der Waals surface area contributed by atoms with Crippen molar-refractivity contribution in [3.05, 3.63) is 0 Å². The van der Waals surface area contributed by atoms with Crippen molar-refractivity contribution >= 4 is 15.9 Å². The number of alkyl halides is 1. The van der Waals surface area contributed by atoms with Gasteiger partial charge in [0.05, 0.1) is 0 Å². The molecule has 0 spiro atoms. The Hall–Kier alpha value is 0.400. The monoisotopic (exact) mass is 531 g/mol. The van der Waals surface area contributed by atoms with Crippen molar-refractivity contribution in [1.82, 2.24) is 5.32 Å². The van der Waals surface area contributed by atoms with Crippen molar-refractivity contribution in [2.75, 3.05) is 20.7 Å². The Bertz CT molecular complexity index is 376. The van der Waals surface area contributed by atoms with E-state index in [2.05, 4.69) is 28.2 Å². The summed E-state index contributed by atoms with van der Waals surface area (Å²) in [4.78, 5) is 0. The summed E-state index contributed by atoms with van der Waals surface area (Å²) in [6, 6.07) is 0. The number of aliphatic hydroxyl groups excluding tert-OH is 1. The lowest BCUT2D eigenvalue weighted by molar-refractivity contribution is 0.191. The highest BCUT2D eigenvalue weighted by Crippen LogP contribution is 2.45. The van der Waals surface area contributed by atoms with Gasteiger partial charge < -0.3 is 10.4 Å². The molecule has 0 heterocycles. The van der Waals surface area contributed by atoms with Crippen LogP contribution in [-0.4, -0.2) is 30.1 Å². The first-order chi connectivity index (χ1) is 16.1. The van der Waals surface area contributed by atoms with Crippen LogP contribution in [0.15, 0.2) is 0 Å². The minimum atomic E-state index is 0.336. The summed E-state index contributed by atoms with van der Waals surface area (Å²) in [6.45, 7) is 2.66. The number of hydrogen-bond donors (Lipinski definition) is 2. The Morgan fingerprint density at radius 3 is 1.48 bits per heavy atom. The molecule has 0 aromatic carbocycles. The van der Waals surface area contributed by atoms with E-state index in [9.17, 15) is 5.11 Å². The summed E-state index contributed by atoms with van der Waals surface area (Å²) in [7, 11) is 3.75. The predicted octanol–water partition coefficient (Wildman–Crippen LogP) is 9.96. The Labute approximate surface area is 218 Å². The Morgan fingerprint density at radius 2 is 1.09 bits per heavy atom. The molecule has 0 aromatic rings. The van der Waals surface area contributed by atoms with Crippen LogP contribution in [0.4, 0.5) is 0 Å². The van der Waals surface area contributed by atoms with Crippen molar-refractivity contribution in [2.45, 2.75) is 165 Å². The Morgan fingerprint density at radius 1 is 0.697 bits per heavy atom. The normalized spacial score (nSPS) is 20.5. The third kappa shape index (κ3) is 20.3. The average molecular weight is 533 g/mol. The van der Waals surface area contributed by atoms with Crippen LogP contribution in [0.2, 0.25) is 0 Å². The van der Waals surface area contributed by atoms with Crippen molar-refractivity contribution in [3.63, 3.8) is 0 Å². The topological polar surface area (TPSA) is 32.3 Å². The van der Waals surface area contributed by atoms with E-state index in [1.807, 2.05) is 14.1 Å². The number of aliphatic hydroxyl groups is 1. The van der Waals surface area contributed by atoms with Gasteiger partial charge in [-0.2, -0.15) is 0 Å². The largest absolute Gasteiger partial charge is 0.396 e. The van der Waals surface area contributed by atoms with Gasteiger partial charge in [-0.3, -0.25) is 0 Å². The molecule has 1 saturated carbocycles. The summed E-state index contributed by atoms with van der Waals surface area (Å²) in [5.74, 6) is 0.696. The minimum absolute atomic E-state index is 0.336. The molecule has 0 aromatic heterocycles. The minimum Gasteiger partial charge on any atom is -0.396 e. The van der Waals surface area contributed by atoms with Crippen LogP contribution < -0.4 is 5.32 Å². The van der Waals surface area contributed by atoms with Crippen LogP contribution >= 0.6 is 15.9 Å². The van der Waals surface area contributed by atoms with Crippen molar-refractivity contribution in [1.29, 1.82) is 0 Å². The molecule has 0 saturated heterocycles. The fraction of sp³-hybridized carbons (Fsp3) is 1.00. The van der Waals surface area contributed by atoms with E-state index in [-0.39, 0.29) is 0 Å². The van der Waals surface area contributed by atoms with Gasteiger partial charge >= 0.3 is 0 Å². The molecule has 1 rings (SSSR count). The van der Waals surface area contributed by atoms with Crippen molar-refractivity contribution in [3.8, 4) is 0 Å². The van der Waals surface area contributed by atoms with E-state index >= 15 is 0 Å². The second-order valence-corrected chi connectivity index (χ2v) is 12.3. The molecule has 1 fully saturated rings. The van der Waals surface area contributed by atoms with Gasteiger partial charge in [0.25, 0.3) is 0 Å². The van der Waals surface area contributed by atoms with Crippen LogP contribution in [0, 0.1) is 5.92 Å². The zero-order chi connectivity index (χ0) is 24.5. The Balaban J connectivity index is 0.00000322. The van der Waals surface area contributed by atoms with Crippen LogP contribution in [0.25, 0.3) is 0 Å². The zero-order valence-electron chi connectivity index (χ0n) is 23.1. The Kier molecular flexibility index (Phi) is 25.8. The smallest absolute Gasteiger partial charge is 0.0434 e. The zero-order valence-corrected chi connectivity index (χ0v) is 24.7. The highest BCUT2D eigenvalue weighted by atomic mass is 79.9. The number of rotatable bonds is 21. The first kappa shape index (κ1) is 33.4. The molecule has 2 atom stereocenters. The van der Waals surface area contributed by atoms with Gasteiger partial charge in [0.2, 0.25) is 0 Å². The third-order valence-corrected chi connectivity index (χ3v) is 8.99. The summed E-state index contributed by atoms with van der Waals surface area (Å²) in [5, 5.41) is 12.1. The lowest BCUT2D eigenvalue weighted by Gasteiger charge is -2.40. The number of hydrogen-bond acceptors (Lipinski definition) is 2. The number of halogens is 1. The molecular formula is C30H62BrNO.